The minimum absolute atomic E-state index is 0.150. The lowest BCUT2D eigenvalue weighted by Gasteiger charge is -2.35. The SMILES string of the molecule is CC1CCC(C)N1CCCOc1ccc(CCN2CCN(C(=O)c3cccc4ccccc34)CC2)cc1. The predicted octanol–water partition coefficient (Wildman–Crippen LogP) is 5.48. The molecular formula is C32H41N3O2. The summed E-state index contributed by atoms with van der Waals surface area (Å²) in [6.07, 6.45) is 4.73. The van der Waals surface area contributed by atoms with Crippen molar-refractivity contribution in [2.45, 2.75) is 51.6 Å². The first-order valence-corrected chi connectivity index (χ1v) is 14.1. The molecule has 2 aliphatic heterocycles. The molecule has 0 N–H and O–H groups in total. The largest absolute Gasteiger partial charge is 0.494 e. The number of ether oxygens (including phenoxy) is 1. The van der Waals surface area contributed by atoms with Gasteiger partial charge >= 0.3 is 0 Å². The molecule has 0 radical (unpaired) electrons. The third kappa shape index (κ3) is 6.34. The number of carbonyl (C=O) groups excluding carboxylic acids is 1. The molecular weight excluding hydrogens is 458 g/mol. The van der Waals surface area contributed by atoms with Crippen LogP contribution in [-0.2, 0) is 6.42 Å². The van der Waals surface area contributed by atoms with E-state index in [0.29, 0.717) is 12.1 Å². The van der Waals surface area contributed by atoms with Crippen LogP contribution in [0.5, 0.6) is 5.75 Å². The summed E-state index contributed by atoms with van der Waals surface area (Å²) in [6, 6.07) is 24.2. The average molecular weight is 500 g/mol. The van der Waals surface area contributed by atoms with Gasteiger partial charge in [0.05, 0.1) is 6.61 Å². The van der Waals surface area contributed by atoms with Gasteiger partial charge in [0.2, 0.25) is 0 Å². The van der Waals surface area contributed by atoms with Crippen molar-refractivity contribution in [3.63, 3.8) is 0 Å². The second kappa shape index (κ2) is 12.1. The van der Waals surface area contributed by atoms with Gasteiger partial charge in [0.25, 0.3) is 5.91 Å². The van der Waals surface area contributed by atoms with Crippen molar-refractivity contribution in [2.24, 2.45) is 0 Å². The smallest absolute Gasteiger partial charge is 0.254 e. The number of piperazine rings is 1. The van der Waals surface area contributed by atoms with E-state index in [1.807, 2.05) is 35.2 Å². The van der Waals surface area contributed by atoms with Gasteiger partial charge in [0, 0.05) is 56.9 Å². The molecule has 0 saturated carbocycles. The van der Waals surface area contributed by atoms with E-state index in [2.05, 4.69) is 60.0 Å². The van der Waals surface area contributed by atoms with E-state index in [1.165, 1.54) is 18.4 Å². The van der Waals surface area contributed by atoms with Crippen molar-refractivity contribution in [3.8, 4) is 5.75 Å². The number of hydrogen-bond acceptors (Lipinski definition) is 4. The summed E-state index contributed by atoms with van der Waals surface area (Å²) in [5.74, 6) is 1.11. The molecule has 2 fully saturated rings. The molecule has 37 heavy (non-hydrogen) atoms. The maximum Gasteiger partial charge on any atom is 0.254 e. The van der Waals surface area contributed by atoms with Gasteiger partial charge in [-0.1, -0.05) is 48.5 Å². The van der Waals surface area contributed by atoms with E-state index in [9.17, 15) is 4.79 Å². The Hall–Kier alpha value is -2.89. The molecule has 0 aliphatic carbocycles. The van der Waals surface area contributed by atoms with Crippen LogP contribution in [0.15, 0.2) is 66.7 Å². The average Bonchev–Trinajstić information content (AvgIpc) is 3.26. The lowest BCUT2D eigenvalue weighted by Crippen LogP contribution is -2.49. The van der Waals surface area contributed by atoms with E-state index in [0.717, 1.165) is 80.8 Å². The normalized spacial score (nSPS) is 21.0. The van der Waals surface area contributed by atoms with Crippen LogP contribution < -0.4 is 4.74 Å². The number of rotatable bonds is 9. The topological polar surface area (TPSA) is 36.0 Å². The van der Waals surface area contributed by atoms with Gasteiger partial charge in [-0.3, -0.25) is 14.6 Å². The molecule has 2 aliphatic rings. The zero-order valence-corrected chi connectivity index (χ0v) is 22.4. The number of carbonyl (C=O) groups is 1. The molecule has 0 spiro atoms. The third-order valence-corrected chi connectivity index (χ3v) is 8.28. The van der Waals surface area contributed by atoms with Crippen LogP contribution in [0.1, 0.15) is 49.0 Å². The summed E-state index contributed by atoms with van der Waals surface area (Å²) in [5.41, 5.74) is 2.15. The monoisotopic (exact) mass is 499 g/mol. The van der Waals surface area contributed by atoms with Crippen molar-refractivity contribution in [2.75, 3.05) is 45.9 Å². The number of amides is 1. The summed E-state index contributed by atoms with van der Waals surface area (Å²) in [5, 5.41) is 2.16. The zero-order valence-electron chi connectivity index (χ0n) is 22.4. The second-order valence-corrected chi connectivity index (χ2v) is 10.8. The number of benzene rings is 3. The van der Waals surface area contributed by atoms with Crippen molar-refractivity contribution < 1.29 is 9.53 Å². The van der Waals surface area contributed by atoms with E-state index < -0.39 is 0 Å². The summed E-state index contributed by atoms with van der Waals surface area (Å²) < 4.78 is 6.01. The minimum atomic E-state index is 0.150. The highest BCUT2D eigenvalue weighted by molar-refractivity contribution is 6.07. The molecule has 1 amide bonds. The standard InChI is InChI=1S/C32H41N3O2/c1-25-11-12-26(2)35(25)18-6-24-37-29-15-13-27(14-16-29)17-19-33-20-22-34(23-21-33)32(36)31-10-5-8-28-7-3-4-9-30(28)31/h3-5,7-10,13-16,25-26H,6,11-12,17-24H2,1-2H3. The molecule has 5 heteroatoms. The lowest BCUT2D eigenvalue weighted by atomic mass is 10.0. The van der Waals surface area contributed by atoms with Gasteiger partial charge in [-0.2, -0.15) is 0 Å². The van der Waals surface area contributed by atoms with Crippen LogP contribution in [0, 0.1) is 0 Å². The first-order chi connectivity index (χ1) is 18.1. The van der Waals surface area contributed by atoms with E-state index in [-0.39, 0.29) is 5.91 Å². The molecule has 5 rings (SSSR count). The molecule has 2 heterocycles. The Labute approximate surface area is 222 Å². The Balaban J connectivity index is 1.03. The Morgan fingerprint density at radius 3 is 2.30 bits per heavy atom. The Morgan fingerprint density at radius 2 is 1.54 bits per heavy atom. The number of hydrogen-bond donors (Lipinski definition) is 0. The fourth-order valence-corrected chi connectivity index (χ4v) is 5.92. The molecule has 196 valence electrons. The fraction of sp³-hybridized carbons (Fsp3) is 0.469. The Bertz CT molecular complexity index is 1150. The van der Waals surface area contributed by atoms with Crippen LogP contribution in [0.25, 0.3) is 10.8 Å². The molecule has 0 bridgehead atoms. The van der Waals surface area contributed by atoms with Crippen molar-refractivity contribution in [1.82, 2.24) is 14.7 Å². The summed E-state index contributed by atoms with van der Waals surface area (Å²) >= 11 is 0. The van der Waals surface area contributed by atoms with Crippen LogP contribution in [0.4, 0.5) is 0 Å². The van der Waals surface area contributed by atoms with Crippen LogP contribution in [0.3, 0.4) is 0 Å². The Morgan fingerprint density at radius 1 is 0.838 bits per heavy atom. The molecule has 0 aromatic heterocycles. The second-order valence-electron chi connectivity index (χ2n) is 10.8. The van der Waals surface area contributed by atoms with Gasteiger partial charge in [-0.25, -0.2) is 0 Å². The Kier molecular flexibility index (Phi) is 8.42. The van der Waals surface area contributed by atoms with Crippen LogP contribution in [0.2, 0.25) is 0 Å². The van der Waals surface area contributed by atoms with Crippen LogP contribution >= 0.6 is 0 Å². The van der Waals surface area contributed by atoms with Crippen LogP contribution in [-0.4, -0.2) is 78.6 Å². The molecule has 2 unspecified atom stereocenters. The highest BCUT2D eigenvalue weighted by atomic mass is 16.5. The summed E-state index contributed by atoms with van der Waals surface area (Å²) in [7, 11) is 0. The molecule has 3 aromatic carbocycles. The number of likely N-dealkylation sites (tertiary alicyclic amines) is 1. The van der Waals surface area contributed by atoms with Gasteiger partial charge in [-0.15, -0.1) is 0 Å². The fourth-order valence-electron chi connectivity index (χ4n) is 5.92. The van der Waals surface area contributed by atoms with Crippen molar-refractivity contribution in [1.29, 1.82) is 0 Å². The van der Waals surface area contributed by atoms with Gasteiger partial charge < -0.3 is 9.64 Å². The maximum atomic E-state index is 13.2. The zero-order chi connectivity index (χ0) is 25.6. The van der Waals surface area contributed by atoms with E-state index >= 15 is 0 Å². The van der Waals surface area contributed by atoms with E-state index in [4.69, 9.17) is 4.74 Å². The molecule has 2 saturated heterocycles. The molecule has 2 atom stereocenters. The number of nitrogens with zero attached hydrogens (tertiary/aromatic N) is 3. The molecule has 3 aromatic rings. The van der Waals surface area contributed by atoms with E-state index in [1.54, 1.807) is 0 Å². The maximum absolute atomic E-state index is 13.2. The van der Waals surface area contributed by atoms with Gasteiger partial charge in [-0.05, 0) is 74.1 Å². The highest BCUT2D eigenvalue weighted by Crippen LogP contribution is 2.24. The molecule has 5 nitrogen and oxygen atoms in total. The summed E-state index contributed by atoms with van der Waals surface area (Å²) in [6.45, 7) is 11.0. The first kappa shape index (κ1) is 25.7. The van der Waals surface area contributed by atoms with Crippen molar-refractivity contribution >= 4 is 16.7 Å². The third-order valence-electron chi connectivity index (χ3n) is 8.28. The van der Waals surface area contributed by atoms with Gasteiger partial charge in [0.15, 0.2) is 0 Å². The number of fused-ring (bicyclic) bond motifs is 1. The first-order valence-electron chi connectivity index (χ1n) is 14.1. The minimum Gasteiger partial charge on any atom is -0.494 e. The van der Waals surface area contributed by atoms with Crippen molar-refractivity contribution in [3.05, 3.63) is 77.9 Å². The summed E-state index contributed by atoms with van der Waals surface area (Å²) in [4.78, 5) is 20.3. The van der Waals surface area contributed by atoms with Gasteiger partial charge in [0.1, 0.15) is 5.75 Å². The highest BCUT2D eigenvalue weighted by Gasteiger charge is 2.26. The predicted molar refractivity (Wildman–Crippen MR) is 151 cm³/mol. The quantitative estimate of drug-likeness (QED) is 0.365. The lowest BCUT2D eigenvalue weighted by molar-refractivity contribution is 0.0640.